The zero-order chi connectivity index (χ0) is 34.7. The monoisotopic (exact) mass is 737 g/mol. The molecule has 1 N–H and O–H groups in total. The number of likely N-dealkylation sites (N-methyl/N-ethyl adjacent to an activating group) is 1. The minimum Gasteiger partial charge on any atom is -0.494 e. The number of hydrogen-bond donors (Lipinski definition) is 1. The molecule has 12 heteroatoms. The lowest BCUT2D eigenvalue weighted by molar-refractivity contribution is -0.140. The van der Waals surface area contributed by atoms with Gasteiger partial charge in [-0.05, 0) is 73.5 Å². The molecule has 0 unspecified atom stereocenters. The van der Waals surface area contributed by atoms with Gasteiger partial charge in [-0.25, -0.2) is 8.42 Å². The molecule has 0 aliphatic carbocycles. The lowest BCUT2D eigenvalue weighted by Crippen LogP contribution is -2.53. The summed E-state index contributed by atoms with van der Waals surface area (Å²) in [5, 5.41) is 2.87. The van der Waals surface area contributed by atoms with Crippen LogP contribution >= 0.6 is 15.9 Å². The highest BCUT2D eigenvalue weighted by Gasteiger charge is 2.35. The molecule has 0 saturated carbocycles. The summed E-state index contributed by atoms with van der Waals surface area (Å²) in [7, 11) is -1.49. The van der Waals surface area contributed by atoms with Crippen LogP contribution in [0.1, 0.15) is 25.0 Å². The maximum absolute atomic E-state index is 14.6. The first-order chi connectivity index (χ1) is 23.1. The predicted octanol–water partition coefficient (Wildman–Crippen LogP) is 5.84. The van der Waals surface area contributed by atoms with Crippen molar-refractivity contribution >= 4 is 43.5 Å². The average Bonchev–Trinajstić information content (AvgIpc) is 3.09. The summed E-state index contributed by atoms with van der Waals surface area (Å²) in [5.74, 6) is 0.199. The number of nitrogens with one attached hydrogen (secondary N) is 1. The van der Waals surface area contributed by atoms with Crippen LogP contribution in [0.3, 0.4) is 0 Å². The normalized spacial score (nSPS) is 11.7. The second-order valence-corrected chi connectivity index (χ2v) is 13.5. The molecule has 4 rings (SSSR count). The summed E-state index contributed by atoms with van der Waals surface area (Å²) in [4.78, 5) is 29.6. The molecule has 0 bridgehead atoms. The number of methoxy groups -OCH3 is 2. The molecule has 1 atom stereocenters. The van der Waals surface area contributed by atoms with E-state index >= 15 is 0 Å². The number of ether oxygens (including phenoxy) is 3. The molecule has 10 nitrogen and oxygen atoms in total. The Morgan fingerprint density at radius 2 is 1.52 bits per heavy atom. The summed E-state index contributed by atoms with van der Waals surface area (Å²) in [6.07, 6.45) is 0.220. The van der Waals surface area contributed by atoms with E-state index in [1.54, 1.807) is 31.2 Å². The Hall–Kier alpha value is -4.55. The molecule has 4 aromatic rings. The number of sulfonamides is 1. The number of carbonyl (C=O) groups excluding carboxylic acids is 2. The summed E-state index contributed by atoms with van der Waals surface area (Å²) < 4.78 is 46.9. The fraction of sp³-hybridized carbons (Fsp3) is 0.278. The minimum atomic E-state index is -4.36. The molecule has 0 aromatic heterocycles. The highest BCUT2D eigenvalue weighted by Crippen LogP contribution is 2.33. The van der Waals surface area contributed by atoms with Gasteiger partial charge in [0, 0.05) is 30.0 Å². The number of rotatable bonds is 16. The maximum Gasteiger partial charge on any atom is 0.264 e. The van der Waals surface area contributed by atoms with E-state index in [9.17, 15) is 18.0 Å². The van der Waals surface area contributed by atoms with Gasteiger partial charge in [-0.15, -0.1) is 0 Å². The number of anilines is 1. The van der Waals surface area contributed by atoms with Gasteiger partial charge in [0.05, 0.1) is 31.4 Å². The second kappa shape index (κ2) is 17.0. The number of halogens is 1. The number of nitrogens with zero attached hydrogens (tertiary/aromatic N) is 2. The molecular formula is C36H40BrN3O7S. The van der Waals surface area contributed by atoms with Gasteiger partial charge in [-0.3, -0.25) is 13.9 Å². The Morgan fingerprint density at radius 1 is 0.833 bits per heavy atom. The standard InChI is InChI=1S/C36H40BrN3O7S/c1-5-38-36(42)32(22-26-11-8-7-9-12-26)39(24-27-13-10-14-28(37)21-27)35(41)25-40(29-15-17-30(18-16-29)47-6-2)48(43,44)31-19-20-33(45-3)34(23-31)46-4/h7-21,23,32H,5-6,22,24-25H2,1-4H3,(H,38,42)/t32-/m1/s1. The Morgan fingerprint density at radius 3 is 2.15 bits per heavy atom. The van der Waals surface area contributed by atoms with Gasteiger partial charge in [-0.2, -0.15) is 0 Å². The van der Waals surface area contributed by atoms with E-state index in [0.29, 0.717) is 24.7 Å². The lowest BCUT2D eigenvalue weighted by atomic mass is 10.0. The van der Waals surface area contributed by atoms with Crippen molar-refractivity contribution < 1.29 is 32.2 Å². The molecule has 2 amide bonds. The Balaban J connectivity index is 1.82. The van der Waals surface area contributed by atoms with Crippen LogP contribution in [-0.2, 0) is 32.6 Å². The smallest absolute Gasteiger partial charge is 0.264 e. The minimum absolute atomic E-state index is 0.0560. The lowest BCUT2D eigenvalue weighted by Gasteiger charge is -2.34. The topological polar surface area (TPSA) is 114 Å². The van der Waals surface area contributed by atoms with E-state index < -0.39 is 28.5 Å². The third-order valence-corrected chi connectivity index (χ3v) is 9.78. The van der Waals surface area contributed by atoms with Crippen LogP contribution in [0.15, 0.2) is 106 Å². The predicted molar refractivity (Wildman–Crippen MR) is 189 cm³/mol. The molecule has 0 heterocycles. The van der Waals surface area contributed by atoms with Crippen molar-refractivity contribution in [3.63, 3.8) is 0 Å². The third-order valence-electron chi connectivity index (χ3n) is 7.52. The van der Waals surface area contributed by atoms with Crippen LogP contribution in [0.2, 0.25) is 0 Å². The van der Waals surface area contributed by atoms with Crippen molar-refractivity contribution in [1.82, 2.24) is 10.2 Å². The van der Waals surface area contributed by atoms with Crippen LogP contribution in [0.25, 0.3) is 0 Å². The maximum atomic E-state index is 14.6. The molecule has 0 aliphatic rings. The van der Waals surface area contributed by atoms with E-state index in [2.05, 4.69) is 21.2 Å². The summed E-state index contributed by atoms with van der Waals surface area (Å²) >= 11 is 3.50. The molecule has 4 aromatic carbocycles. The fourth-order valence-corrected chi connectivity index (χ4v) is 7.06. The van der Waals surface area contributed by atoms with E-state index in [4.69, 9.17) is 14.2 Å². The van der Waals surface area contributed by atoms with E-state index in [0.717, 1.165) is 19.9 Å². The highest BCUT2D eigenvalue weighted by molar-refractivity contribution is 9.10. The Labute approximate surface area is 290 Å². The first kappa shape index (κ1) is 36.3. The van der Waals surface area contributed by atoms with Gasteiger partial charge in [0.15, 0.2) is 11.5 Å². The van der Waals surface area contributed by atoms with Crippen molar-refractivity contribution in [3.05, 3.63) is 113 Å². The van der Waals surface area contributed by atoms with Gasteiger partial charge in [-0.1, -0.05) is 58.4 Å². The van der Waals surface area contributed by atoms with Crippen LogP contribution in [0.4, 0.5) is 5.69 Å². The van der Waals surface area contributed by atoms with Gasteiger partial charge in [0.2, 0.25) is 11.8 Å². The number of carbonyl (C=O) groups is 2. The Bertz CT molecular complexity index is 1790. The highest BCUT2D eigenvalue weighted by atomic mass is 79.9. The van der Waals surface area contributed by atoms with Gasteiger partial charge < -0.3 is 24.4 Å². The summed E-state index contributed by atoms with van der Waals surface area (Å²) in [6.45, 7) is 3.90. The molecule has 0 spiro atoms. The third kappa shape index (κ3) is 9.07. The number of benzene rings is 4. The quantitative estimate of drug-likeness (QED) is 0.154. The Kier molecular flexibility index (Phi) is 12.9. The second-order valence-electron chi connectivity index (χ2n) is 10.7. The summed E-state index contributed by atoms with van der Waals surface area (Å²) in [6, 6.07) is 26.6. The zero-order valence-corrected chi connectivity index (χ0v) is 29.8. The van der Waals surface area contributed by atoms with E-state index in [1.165, 1.54) is 37.3 Å². The summed E-state index contributed by atoms with van der Waals surface area (Å²) in [5.41, 5.74) is 1.85. The van der Waals surface area contributed by atoms with Gasteiger partial charge >= 0.3 is 0 Å². The van der Waals surface area contributed by atoms with Crippen molar-refractivity contribution in [2.24, 2.45) is 0 Å². The van der Waals surface area contributed by atoms with Crippen molar-refractivity contribution in [2.75, 3.05) is 38.2 Å². The van der Waals surface area contributed by atoms with Gasteiger partial charge in [0.1, 0.15) is 18.3 Å². The van der Waals surface area contributed by atoms with Crippen molar-refractivity contribution in [3.8, 4) is 17.2 Å². The largest absolute Gasteiger partial charge is 0.494 e. The average molecular weight is 739 g/mol. The number of amides is 2. The molecule has 0 radical (unpaired) electrons. The molecular weight excluding hydrogens is 698 g/mol. The molecule has 0 saturated heterocycles. The van der Waals surface area contributed by atoms with Crippen LogP contribution in [0, 0.1) is 0 Å². The zero-order valence-electron chi connectivity index (χ0n) is 27.4. The fourth-order valence-electron chi connectivity index (χ4n) is 5.19. The van der Waals surface area contributed by atoms with Crippen molar-refractivity contribution in [1.29, 1.82) is 0 Å². The van der Waals surface area contributed by atoms with Crippen LogP contribution < -0.4 is 23.8 Å². The van der Waals surface area contributed by atoms with Gasteiger partial charge in [0.25, 0.3) is 10.0 Å². The van der Waals surface area contributed by atoms with Crippen molar-refractivity contribution in [2.45, 2.75) is 37.8 Å². The molecule has 0 aliphatic heterocycles. The molecule has 0 fully saturated rings. The van der Waals surface area contributed by atoms with Crippen LogP contribution in [-0.4, -0.2) is 65.1 Å². The first-order valence-electron chi connectivity index (χ1n) is 15.4. The molecule has 254 valence electrons. The number of hydrogen-bond acceptors (Lipinski definition) is 7. The first-order valence-corrected chi connectivity index (χ1v) is 17.7. The SMILES string of the molecule is CCNC(=O)[C@@H](Cc1ccccc1)N(Cc1cccc(Br)c1)C(=O)CN(c1ccc(OCC)cc1)S(=O)(=O)c1ccc(OC)c(OC)c1. The van der Waals surface area contributed by atoms with E-state index in [1.807, 2.05) is 61.5 Å². The van der Waals surface area contributed by atoms with Crippen LogP contribution in [0.5, 0.6) is 17.2 Å². The van der Waals surface area contributed by atoms with E-state index in [-0.39, 0.29) is 35.2 Å². The molecule has 48 heavy (non-hydrogen) atoms.